The lowest BCUT2D eigenvalue weighted by Gasteiger charge is -2.21. The fourth-order valence-electron chi connectivity index (χ4n) is 2.19. The second-order valence-electron chi connectivity index (χ2n) is 5.88. The molecule has 0 fully saturated rings. The van der Waals surface area contributed by atoms with Crippen LogP contribution in [0.3, 0.4) is 0 Å². The maximum Gasteiger partial charge on any atom is 0.326 e. The van der Waals surface area contributed by atoms with E-state index in [4.69, 9.17) is 21.1 Å². The van der Waals surface area contributed by atoms with Gasteiger partial charge in [-0.2, -0.15) is 0 Å². The Balaban J connectivity index is 2.77. The van der Waals surface area contributed by atoms with E-state index < -0.39 is 67.1 Å². The van der Waals surface area contributed by atoms with Crippen molar-refractivity contribution in [2.75, 3.05) is 0 Å². The molecule has 13 heteroatoms. The summed E-state index contributed by atoms with van der Waals surface area (Å²) < 4.78 is 0. The van der Waals surface area contributed by atoms with Crippen molar-refractivity contribution in [2.24, 2.45) is 5.73 Å². The lowest BCUT2D eigenvalue weighted by atomic mass is 10.1. The van der Waals surface area contributed by atoms with Gasteiger partial charge in [0.05, 0.1) is 18.8 Å². The fraction of sp³-hybridized carbons (Fsp3) is 0.467. The van der Waals surface area contributed by atoms with Crippen LogP contribution < -0.4 is 16.4 Å². The van der Waals surface area contributed by atoms with Gasteiger partial charge in [-0.1, -0.05) is 0 Å². The summed E-state index contributed by atoms with van der Waals surface area (Å²) in [5, 5.41) is 30.8. The molecule has 0 radical (unpaired) electrons. The quantitative estimate of drug-likeness (QED) is 0.198. The Morgan fingerprint density at radius 1 is 1.04 bits per heavy atom. The third-order valence-corrected chi connectivity index (χ3v) is 3.60. The third kappa shape index (κ3) is 7.82. The summed E-state index contributed by atoms with van der Waals surface area (Å²) in [6, 6.07) is -4.27. The van der Waals surface area contributed by atoms with Gasteiger partial charge in [0.25, 0.3) is 0 Å². The first-order valence-electron chi connectivity index (χ1n) is 8.10. The highest BCUT2D eigenvalue weighted by Gasteiger charge is 2.30. The average Bonchev–Trinajstić information content (AvgIpc) is 3.09. The van der Waals surface area contributed by atoms with Crippen molar-refractivity contribution in [1.82, 2.24) is 20.6 Å². The molecule has 3 unspecified atom stereocenters. The van der Waals surface area contributed by atoms with E-state index in [0.29, 0.717) is 5.69 Å². The summed E-state index contributed by atoms with van der Waals surface area (Å²) in [5.41, 5.74) is 6.26. The standard InChI is InChI=1S/C15H21N5O8/c16-8(3-7-5-17-6-18-7)13(25)20-10(4-12(23)24)14(26)19-9(15(27)28)1-2-11(21)22/h5-6,8-10H,1-4,16H2,(H,17,18)(H,19,26)(H,20,25)(H,21,22)(H,23,24)(H,27,28). The van der Waals surface area contributed by atoms with Gasteiger partial charge in [-0.3, -0.25) is 19.2 Å². The number of nitrogens with two attached hydrogens (primary N) is 1. The van der Waals surface area contributed by atoms with E-state index in [1.54, 1.807) is 0 Å². The molecule has 154 valence electrons. The summed E-state index contributed by atoms with van der Waals surface area (Å²) in [5.74, 6) is -6.08. The summed E-state index contributed by atoms with van der Waals surface area (Å²) >= 11 is 0. The predicted molar refractivity (Wildman–Crippen MR) is 90.9 cm³/mol. The second kappa shape index (κ2) is 10.6. The molecule has 0 aliphatic heterocycles. The minimum absolute atomic E-state index is 0.0452. The zero-order chi connectivity index (χ0) is 21.3. The Hall–Kier alpha value is -3.48. The van der Waals surface area contributed by atoms with Gasteiger partial charge in [0.15, 0.2) is 0 Å². The van der Waals surface area contributed by atoms with Gasteiger partial charge >= 0.3 is 17.9 Å². The van der Waals surface area contributed by atoms with Crippen molar-refractivity contribution in [1.29, 1.82) is 0 Å². The van der Waals surface area contributed by atoms with Crippen LogP contribution in [-0.2, 0) is 30.4 Å². The first-order valence-corrected chi connectivity index (χ1v) is 8.10. The molecule has 0 saturated heterocycles. The zero-order valence-corrected chi connectivity index (χ0v) is 14.6. The fourth-order valence-corrected chi connectivity index (χ4v) is 2.19. The largest absolute Gasteiger partial charge is 0.481 e. The molecular weight excluding hydrogens is 378 g/mol. The number of hydrogen-bond acceptors (Lipinski definition) is 7. The Kier molecular flexibility index (Phi) is 8.55. The van der Waals surface area contributed by atoms with Gasteiger partial charge in [-0.15, -0.1) is 0 Å². The van der Waals surface area contributed by atoms with Crippen LogP contribution >= 0.6 is 0 Å². The van der Waals surface area contributed by atoms with E-state index in [1.807, 2.05) is 5.32 Å². The molecule has 0 bridgehead atoms. The van der Waals surface area contributed by atoms with E-state index in [-0.39, 0.29) is 6.42 Å². The second-order valence-corrected chi connectivity index (χ2v) is 5.88. The molecule has 1 aromatic rings. The first-order chi connectivity index (χ1) is 13.1. The van der Waals surface area contributed by atoms with Crippen molar-refractivity contribution in [3.63, 3.8) is 0 Å². The molecule has 3 atom stereocenters. The van der Waals surface area contributed by atoms with Crippen LogP contribution in [0.4, 0.5) is 0 Å². The molecule has 0 aliphatic rings. The molecule has 2 amide bonds. The number of aromatic nitrogens is 2. The van der Waals surface area contributed by atoms with Crippen molar-refractivity contribution in [3.8, 4) is 0 Å². The van der Waals surface area contributed by atoms with Crippen LogP contribution in [0.15, 0.2) is 12.5 Å². The number of nitrogens with one attached hydrogen (secondary N) is 3. The van der Waals surface area contributed by atoms with Gasteiger partial charge in [-0.25, -0.2) is 9.78 Å². The SMILES string of the molecule is NC(Cc1cnc[nH]1)C(=O)NC(CC(=O)O)C(=O)NC(CCC(=O)O)C(=O)O. The van der Waals surface area contributed by atoms with E-state index in [0.717, 1.165) is 0 Å². The topological polar surface area (TPSA) is 225 Å². The lowest BCUT2D eigenvalue weighted by Crippen LogP contribution is -2.55. The van der Waals surface area contributed by atoms with E-state index >= 15 is 0 Å². The zero-order valence-electron chi connectivity index (χ0n) is 14.6. The van der Waals surface area contributed by atoms with Crippen molar-refractivity contribution in [3.05, 3.63) is 18.2 Å². The minimum Gasteiger partial charge on any atom is -0.481 e. The first kappa shape index (κ1) is 22.6. The van der Waals surface area contributed by atoms with Crippen LogP contribution in [0, 0.1) is 0 Å². The maximum atomic E-state index is 12.3. The highest BCUT2D eigenvalue weighted by molar-refractivity contribution is 5.94. The highest BCUT2D eigenvalue weighted by atomic mass is 16.4. The van der Waals surface area contributed by atoms with E-state index in [1.165, 1.54) is 12.5 Å². The average molecular weight is 399 g/mol. The number of amides is 2. The Morgan fingerprint density at radius 2 is 1.68 bits per heavy atom. The molecule has 8 N–H and O–H groups in total. The maximum absolute atomic E-state index is 12.3. The Bertz CT molecular complexity index is 720. The van der Waals surface area contributed by atoms with Crippen LogP contribution in [-0.4, -0.2) is 73.1 Å². The summed E-state index contributed by atoms with van der Waals surface area (Å²) in [6.45, 7) is 0. The number of rotatable bonds is 12. The number of carbonyl (C=O) groups excluding carboxylic acids is 2. The third-order valence-electron chi connectivity index (χ3n) is 3.60. The number of nitrogens with zero attached hydrogens (tertiary/aromatic N) is 1. The molecular formula is C15H21N5O8. The minimum atomic E-state index is -1.59. The summed E-state index contributed by atoms with van der Waals surface area (Å²) in [7, 11) is 0. The molecule has 13 nitrogen and oxygen atoms in total. The molecule has 1 rings (SSSR count). The van der Waals surface area contributed by atoms with E-state index in [2.05, 4.69) is 15.3 Å². The summed E-state index contributed by atoms with van der Waals surface area (Å²) in [6.07, 6.45) is 1.10. The van der Waals surface area contributed by atoms with Gasteiger partial charge in [-0.05, 0) is 6.42 Å². The molecule has 28 heavy (non-hydrogen) atoms. The monoisotopic (exact) mass is 399 g/mol. The molecule has 0 aromatic carbocycles. The lowest BCUT2D eigenvalue weighted by molar-refractivity contribution is -0.144. The summed E-state index contributed by atoms with van der Waals surface area (Å²) in [4.78, 5) is 63.6. The number of carbonyl (C=O) groups is 5. The molecule has 0 saturated carbocycles. The van der Waals surface area contributed by atoms with Crippen LogP contribution in [0.25, 0.3) is 0 Å². The van der Waals surface area contributed by atoms with Gasteiger partial charge in [0.1, 0.15) is 12.1 Å². The van der Waals surface area contributed by atoms with Crippen molar-refractivity contribution < 1.29 is 39.3 Å². The number of hydrogen-bond donors (Lipinski definition) is 7. The van der Waals surface area contributed by atoms with E-state index in [9.17, 15) is 24.0 Å². The van der Waals surface area contributed by atoms with Crippen molar-refractivity contribution in [2.45, 2.75) is 43.8 Å². The molecule has 0 aliphatic carbocycles. The number of imidazole rings is 1. The Labute approximate surface area is 158 Å². The number of carboxylic acid groups (broad SMARTS) is 3. The van der Waals surface area contributed by atoms with Gasteiger partial charge in [0, 0.05) is 24.7 Å². The molecule has 1 heterocycles. The number of aliphatic carboxylic acids is 3. The number of H-pyrrole nitrogens is 1. The highest BCUT2D eigenvalue weighted by Crippen LogP contribution is 2.03. The van der Waals surface area contributed by atoms with Gasteiger partial charge in [0.2, 0.25) is 11.8 Å². The van der Waals surface area contributed by atoms with Crippen LogP contribution in [0.5, 0.6) is 0 Å². The number of aromatic amines is 1. The molecule has 1 aromatic heterocycles. The molecule has 0 spiro atoms. The van der Waals surface area contributed by atoms with Crippen LogP contribution in [0.2, 0.25) is 0 Å². The van der Waals surface area contributed by atoms with Crippen molar-refractivity contribution >= 4 is 29.7 Å². The Morgan fingerprint density at radius 3 is 2.18 bits per heavy atom. The van der Waals surface area contributed by atoms with Gasteiger partial charge < -0.3 is 36.7 Å². The van der Waals surface area contributed by atoms with Crippen LogP contribution in [0.1, 0.15) is 25.0 Å². The normalized spacial score (nSPS) is 13.8. The smallest absolute Gasteiger partial charge is 0.326 e. The predicted octanol–water partition coefficient (Wildman–Crippen LogP) is -2.33. The number of carboxylic acids is 3.